The van der Waals surface area contributed by atoms with Gasteiger partial charge in [-0.3, -0.25) is 0 Å². The molecule has 1 aromatic rings. The van der Waals surface area contributed by atoms with Crippen LogP contribution in [-0.2, 0) is 6.61 Å². The van der Waals surface area contributed by atoms with Crippen LogP contribution in [0.3, 0.4) is 0 Å². The van der Waals surface area contributed by atoms with E-state index in [0.29, 0.717) is 0 Å². The minimum atomic E-state index is 0.0428. The molecule has 1 aliphatic heterocycles. The standard InChI is InChI=1S/C14H21NO2/c16-11-13-5-1-2-6-14(13)17-9-7-12-4-3-8-15-10-12/h1-2,5-6,12,15-16H,3-4,7-11H2. The van der Waals surface area contributed by atoms with Crippen molar-refractivity contribution in [3.8, 4) is 5.75 Å². The van der Waals surface area contributed by atoms with Crippen LogP contribution in [0.1, 0.15) is 24.8 Å². The first kappa shape index (κ1) is 12.4. The average molecular weight is 235 g/mol. The molecule has 2 rings (SSSR count). The summed E-state index contributed by atoms with van der Waals surface area (Å²) < 4.78 is 5.74. The normalized spacial score (nSPS) is 20.2. The summed E-state index contributed by atoms with van der Waals surface area (Å²) in [5.74, 6) is 1.56. The summed E-state index contributed by atoms with van der Waals surface area (Å²) in [7, 11) is 0. The van der Waals surface area contributed by atoms with Gasteiger partial charge in [0, 0.05) is 5.56 Å². The molecule has 1 atom stereocenters. The van der Waals surface area contributed by atoms with Crippen LogP contribution in [0.4, 0.5) is 0 Å². The molecule has 0 spiro atoms. The number of aliphatic hydroxyl groups is 1. The van der Waals surface area contributed by atoms with Crippen molar-refractivity contribution in [1.29, 1.82) is 0 Å². The summed E-state index contributed by atoms with van der Waals surface area (Å²) in [6.45, 7) is 3.06. The Morgan fingerprint density at radius 2 is 2.24 bits per heavy atom. The Labute approximate surface area is 103 Å². The van der Waals surface area contributed by atoms with Gasteiger partial charge in [0.15, 0.2) is 0 Å². The van der Waals surface area contributed by atoms with Crippen molar-refractivity contribution in [2.45, 2.75) is 25.9 Å². The van der Waals surface area contributed by atoms with E-state index in [0.717, 1.165) is 43.3 Å². The highest BCUT2D eigenvalue weighted by atomic mass is 16.5. The molecule has 0 bridgehead atoms. The minimum Gasteiger partial charge on any atom is -0.493 e. The van der Waals surface area contributed by atoms with Crippen molar-refractivity contribution in [2.24, 2.45) is 5.92 Å². The number of piperidine rings is 1. The van der Waals surface area contributed by atoms with E-state index in [-0.39, 0.29) is 6.61 Å². The van der Waals surface area contributed by atoms with Gasteiger partial charge in [-0.1, -0.05) is 18.2 Å². The number of hydrogen-bond acceptors (Lipinski definition) is 3. The van der Waals surface area contributed by atoms with E-state index in [4.69, 9.17) is 4.74 Å². The largest absolute Gasteiger partial charge is 0.493 e. The lowest BCUT2D eigenvalue weighted by molar-refractivity contribution is 0.239. The number of para-hydroxylation sites is 1. The molecule has 17 heavy (non-hydrogen) atoms. The molecule has 0 radical (unpaired) electrons. The van der Waals surface area contributed by atoms with Crippen LogP contribution in [0.5, 0.6) is 5.75 Å². The van der Waals surface area contributed by atoms with Crippen LogP contribution in [-0.4, -0.2) is 24.8 Å². The SMILES string of the molecule is OCc1ccccc1OCCC1CCCNC1. The third-order valence-corrected chi connectivity index (χ3v) is 3.33. The monoisotopic (exact) mass is 235 g/mol. The number of rotatable bonds is 5. The molecule has 1 saturated heterocycles. The second kappa shape index (κ2) is 6.62. The molecule has 0 saturated carbocycles. The smallest absolute Gasteiger partial charge is 0.124 e. The molecule has 3 nitrogen and oxygen atoms in total. The lowest BCUT2D eigenvalue weighted by Gasteiger charge is -2.22. The van der Waals surface area contributed by atoms with Crippen LogP contribution in [0.2, 0.25) is 0 Å². The summed E-state index contributed by atoms with van der Waals surface area (Å²) in [5.41, 5.74) is 0.870. The first-order chi connectivity index (χ1) is 8.40. The van der Waals surface area contributed by atoms with Gasteiger partial charge in [-0.2, -0.15) is 0 Å². The number of ether oxygens (including phenoxy) is 1. The molecule has 1 fully saturated rings. The summed E-state index contributed by atoms with van der Waals surface area (Å²) >= 11 is 0. The van der Waals surface area contributed by atoms with E-state index in [1.807, 2.05) is 24.3 Å². The van der Waals surface area contributed by atoms with Gasteiger partial charge in [-0.15, -0.1) is 0 Å². The molecule has 94 valence electrons. The molecule has 0 aromatic heterocycles. The maximum Gasteiger partial charge on any atom is 0.124 e. The number of benzene rings is 1. The summed E-state index contributed by atoms with van der Waals surface area (Å²) in [6, 6.07) is 7.68. The Morgan fingerprint density at radius 3 is 3.00 bits per heavy atom. The van der Waals surface area contributed by atoms with Crippen molar-refractivity contribution in [2.75, 3.05) is 19.7 Å². The first-order valence-electron chi connectivity index (χ1n) is 6.42. The van der Waals surface area contributed by atoms with E-state index in [1.54, 1.807) is 0 Å². The quantitative estimate of drug-likeness (QED) is 0.819. The Bertz CT molecular complexity index is 335. The second-order valence-electron chi connectivity index (χ2n) is 4.62. The van der Waals surface area contributed by atoms with Gasteiger partial charge in [0.05, 0.1) is 13.2 Å². The fraction of sp³-hybridized carbons (Fsp3) is 0.571. The summed E-state index contributed by atoms with van der Waals surface area (Å²) in [6.07, 6.45) is 3.67. The van der Waals surface area contributed by atoms with Gasteiger partial charge >= 0.3 is 0 Å². The Balaban J connectivity index is 1.77. The zero-order chi connectivity index (χ0) is 11.9. The first-order valence-corrected chi connectivity index (χ1v) is 6.42. The van der Waals surface area contributed by atoms with E-state index in [9.17, 15) is 5.11 Å². The zero-order valence-electron chi connectivity index (χ0n) is 10.2. The van der Waals surface area contributed by atoms with Crippen LogP contribution < -0.4 is 10.1 Å². The van der Waals surface area contributed by atoms with Crippen LogP contribution in [0.25, 0.3) is 0 Å². The van der Waals surface area contributed by atoms with Gasteiger partial charge in [0.1, 0.15) is 5.75 Å². The predicted octanol–water partition coefficient (Wildman–Crippen LogP) is 1.95. The highest BCUT2D eigenvalue weighted by Gasteiger charge is 2.12. The molecule has 2 N–H and O–H groups in total. The summed E-state index contributed by atoms with van der Waals surface area (Å²) in [5, 5.41) is 12.6. The lowest BCUT2D eigenvalue weighted by Crippen LogP contribution is -2.30. The number of aliphatic hydroxyl groups excluding tert-OH is 1. The fourth-order valence-electron chi connectivity index (χ4n) is 2.28. The highest BCUT2D eigenvalue weighted by Crippen LogP contribution is 2.19. The lowest BCUT2D eigenvalue weighted by atomic mass is 9.97. The molecule has 0 aliphatic carbocycles. The van der Waals surface area contributed by atoms with E-state index >= 15 is 0 Å². The van der Waals surface area contributed by atoms with Gasteiger partial charge in [0.2, 0.25) is 0 Å². The molecule has 1 heterocycles. The minimum absolute atomic E-state index is 0.0428. The van der Waals surface area contributed by atoms with E-state index in [1.165, 1.54) is 12.8 Å². The third-order valence-electron chi connectivity index (χ3n) is 3.33. The van der Waals surface area contributed by atoms with Crippen LogP contribution in [0.15, 0.2) is 24.3 Å². The maximum atomic E-state index is 9.18. The molecular formula is C14H21NO2. The third kappa shape index (κ3) is 3.72. The van der Waals surface area contributed by atoms with Gasteiger partial charge in [-0.05, 0) is 44.3 Å². The Morgan fingerprint density at radius 1 is 1.35 bits per heavy atom. The van der Waals surface area contributed by atoms with Crippen molar-refractivity contribution in [1.82, 2.24) is 5.32 Å². The average Bonchev–Trinajstić information content (AvgIpc) is 2.40. The zero-order valence-corrected chi connectivity index (χ0v) is 10.2. The summed E-state index contributed by atoms with van der Waals surface area (Å²) in [4.78, 5) is 0. The number of nitrogens with one attached hydrogen (secondary N) is 1. The molecule has 1 aromatic carbocycles. The van der Waals surface area contributed by atoms with Crippen LogP contribution in [0, 0.1) is 5.92 Å². The predicted molar refractivity (Wildman–Crippen MR) is 68.1 cm³/mol. The van der Waals surface area contributed by atoms with Crippen molar-refractivity contribution in [3.63, 3.8) is 0 Å². The maximum absolute atomic E-state index is 9.18. The molecule has 1 aliphatic rings. The van der Waals surface area contributed by atoms with Gasteiger partial charge < -0.3 is 15.2 Å². The van der Waals surface area contributed by atoms with Crippen molar-refractivity contribution in [3.05, 3.63) is 29.8 Å². The van der Waals surface area contributed by atoms with Gasteiger partial charge in [-0.25, -0.2) is 0 Å². The topological polar surface area (TPSA) is 41.5 Å². The molecular weight excluding hydrogens is 214 g/mol. The fourth-order valence-corrected chi connectivity index (χ4v) is 2.28. The molecule has 1 unspecified atom stereocenters. The van der Waals surface area contributed by atoms with E-state index < -0.39 is 0 Å². The van der Waals surface area contributed by atoms with Crippen molar-refractivity contribution < 1.29 is 9.84 Å². The van der Waals surface area contributed by atoms with Gasteiger partial charge in [0.25, 0.3) is 0 Å². The Kier molecular flexibility index (Phi) is 4.83. The Hall–Kier alpha value is -1.06. The van der Waals surface area contributed by atoms with Crippen molar-refractivity contribution >= 4 is 0 Å². The van der Waals surface area contributed by atoms with E-state index in [2.05, 4.69) is 5.32 Å². The molecule has 3 heteroatoms. The number of hydrogen-bond donors (Lipinski definition) is 2. The molecule has 0 amide bonds. The highest BCUT2D eigenvalue weighted by molar-refractivity contribution is 5.32. The second-order valence-corrected chi connectivity index (χ2v) is 4.62. The van der Waals surface area contributed by atoms with Crippen LogP contribution >= 0.6 is 0 Å².